The summed E-state index contributed by atoms with van der Waals surface area (Å²) in [5.74, 6) is -0.213. The second-order valence-corrected chi connectivity index (χ2v) is 4.71. The molecule has 19 heavy (non-hydrogen) atoms. The van der Waals surface area contributed by atoms with Crippen LogP contribution in [0.5, 0.6) is 0 Å². The highest BCUT2D eigenvalue weighted by Gasteiger charge is 2.20. The zero-order valence-electron chi connectivity index (χ0n) is 10.7. The first-order chi connectivity index (χ1) is 9.16. The average molecular weight is 267 g/mol. The van der Waals surface area contributed by atoms with E-state index in [1.54, 1.807) is 0 Å². The Morgan fingerprint density at radius 3 is 3.11 bits per heavy atom. The molecule has 0 aliphatic heterocycles. The molecule has 6 heteroatoms. The number of hydrogen-bond donors (Lipinski definition) is 2. The van der Waals surface area contributed by atoms with E-state index in [0.29, 0.717) is 13.2 Å². The number of amides is 1. The van der Waals surface area contributed by atoms with Crippen molar-refractivity contribution in [1.82, 2.24) is 10.3 Å². The van der Waals surface area contributed by atoms with Crippen molar-refractivity contribution >= 4 is 11.7 Å². The first kappa shape index (κ1) is 13.7. The van der Waals surface area contributed by atoms with Crippen molar-refractivity contribution in [3.05, 3.63) is 23.6 Å². The highest BCUT2D eigenvalue weighted by molar-refractivity contribution is 5.98. The number of anilines is 1. The third-order valence-electron chi connectivity index (χ3n) is 2.93. The third-order valence-corrected chi connectivity index (χ3v) is 2.93. The maximum absolute atomic E-state index is 13.0. The molecule has 1 aromatic heterocycles. The van der Waals surface area contributed by atoms with Crippen molar-refractivity contribution in [2.75, 3.05) is 25.5 Å². The lowest BCUT2D eigenvalue weighted by Gasteiger charge is -2.07. The summed E-state index contributed by atoms with van der Waals surface area (Å²) in [5, 5.41) is 2.67. The molecule has 1 aromatic rings. The summed E-state index contributed by atoms with van der Waals surface area (Å²) in [6.45, 7) is 1.90. The van der Waals surface area contributed by atoms with Crippen LogP contribution < -0.4 is 11.1 Å². The molecule has 1 heterocycles. The Labute approximate surface area is 111 Å². The molecule has 0 bridgehead atoms. The molecule has 5 nitrogen and oxygen atoms in total. The maximum Gasteiger partial charge on any atom is 0.255 e. The number of aromatic nitrogens is 1. The summed E-state index contributed by atoms with van der Waals surface area (Å²) in [6, 6.07) is 1.08. The number of halogens is 1. The summed E-state index contributed by atoms with van der Waals surface area (Å²) in [7, 11) is 0. The van der Waals surface area contributed by atoms with Gasteiger partial charge in [-0.15, -0.1) is 0 Å². The number of nitrogen functional groups attached to an aromatic ring is 1. The third kappa shape index (κ3) is 4.48. The number of nitrogens with zero attached hydrogens (tertiary/aromatic N) is 1. The van der Waals surface area contributed by atoms with Crippen molar-refractivity contribution in [2.45, 2.75) is 19.3 Å². The van der Waals surface area contributed by atoms with Gasteiger partial charge in [-0.25, -0.2) is 9.37 Å². The van der Waals surface area contributed by atoms with Gasteiger partial charge in [-0.05, 0) is 31.2 Å². The van der Waals surface area contributed by atoms with Crippen molar-refractivity contribution in [1.29, 1.82) is 0 Å². The van der Waals surface area contributed by atoms with Crippen LogP contribution in [0.15, 0.2) is 12.3 Å². The zero-order valence-corrected chi connectivity index (χ0v) is 10.7. The molecule has 0 saturated heterocycles. The van der Waals surface area contributed by atoms with Gasteiger partial charge >= 0.3 is 0 Å². The lowest BCUT2D eigenvalue weighted by atomic mass is 10.2. The number of hydrogen-bond acceptors (Lipinski definition) is 4. The molecule has 0 aromatic carbocycles. The highest BCUT2D eigenvalue weighted by atomic mass is 19.1. The SMILES string of the molecule is Nc1ncc(F)cc1C(=O)NCCCOCC1CC1. The number of carbonyl (C=O) groups excluding carboxylic acids is 1. The molecule has 1 aliphatic rings. The van der Waals surface area contributed by atoms with Crippen molar-refractivity contribution in [3.63, 3.8) is 0 Å². The summed E-state index contributed by atoms with van der Waals surface area (Å²) in [6.07, 6.45) is 4.24. The molecule has 2 rings (SSSR count). The monoisotopic (exact) mass is 267 g/mol. The van der Waals surface area contributed by atoms with Gasteiger partial charge < -0.3 is 15.8 Å². The maximum atomic E-state index is 13.0. The van der Waals surface area contributed by atoms with Gasteiger partial charge in [0, 0.05) is 19.8 Å². The molecule has 1 saturated carbocycles. The summed E-state index contributed by atoms with van der Waals surface area (Å²) >= 11 is 0. The highest BCUT2D eigenvalue weighted by Crippen LogP contribution is 2.28. The van der Waals surface area contributed by atoms with E-state index in [4.69, 9.17) is 10.5 Å². The molecule has 0 atom stereocenters. The van der Waals surface area contributed by atoms with E-state index in [2.05, 4.69) is 10.3 Å². The first-order valence-electron chi connectivity index (χ1n) is 6.44. The lowest BCUT2D eigenvalue weighted by Crippen LogP contribution is -2.26. The van der Waals surface area contributed by atoms with Crippen LogP contribution in [-0.4, -0.2) is 30.6 Å². The number of ether oxygens (including phenoxy) is 1. The second-order valence-electron chi connectivity index (χ2n) is 4.71. The predicted octanol–water partition coefficient (Wildman–Crippen LogP) is 1.35. The molecule has 1 fully saturated rings. The molecule has 1 amide bonds. The van der Waals surface area contributed by atoms with Crippen molar-refractivity contribution in [2.24, 2.45) is 5.92 Å². The van der Waals surface area contributed by atoms with E-state index >= 15 is 0 Å². The number of nitrogens with one attached hydrogen (secondary N) is 1. The fourth-order valence-electron chi connectivity index (χ4n) is 1.64. The molecule has 0 radical (unpaired) electrons. The van der Waals surface area contributed by atoms with Crippen LogP contribution in [0, 0.1) is 11.7 Å². The Balaban J connectivity index is 1.66. The van der Waals surface area contributed by atoms with Crippen LogP contribution in [0.2, 0.25) is 0 Å². The van der Waals surface area contributed by atoms with Crippen LogP contribution in [0.25, 0.3) is 0 Å². The topological polar surface area (TPSA) is 77.2 Å². The molecule has 104 valence electrons. The van der Waals surface area contributed by atoms with E-state index in [-0.39, 0.29) is 11.4 Å². The number of pyridine rings is 1. The summed E-state index contributed by atoms with van der Waals surface area (Å²) in [5.41, 5.74) is 5.59. The number of carbonyl (C=O) groups is 1. The molecule has 0 spiro atoms. The fourth-order valence-corrected chi connectivity index (χ4v) is 1.64. The zero-order chi connectivity index (χ0) is 13.7. The Hall–Kier alpha value is -1.69. The van der Waals surface area contributed by atoms with E-state index in [0.717, 1.165) is 31.2 Å². The predicted molar refractivity (Wildman–Crippen MR) is 69.1 cm³/mol. The Morgan fingerprint density at radius 2 is 2.37 bits per heavy atom. The standard InChI is InChI=1S/C13H18FN3O2/c14-10-6-11(12(15)17-7-10)13(18)16-4-1-5-19-8-9-2-3-9/h6-7,9H,1-5,8H2,(H2,15,17)(H,16,18). The van der Waals surface area contributed by atoms with E-state index in [9.17, 15) is 9.18 Å². The van der Waals surface area contributed by atoms with Crippen LogP contribution in [0.4, 0.5) is 10.2 Å². The Bertz CT molecular complexity index is 450. The van der Waals surface area contributed by atoms with Gasteiger partial charge in [-0.1, -0.05) is 0 Å². The number of nitrogens with two attached hydrogens (primary N) is 1. The average Bonchev–Trinajstić information content (AvgIpc) is 3.20. The molecule has 1 aliphatic carbocycles. The molecule has 0 unspecified atom stereocenters. The van der Waals surface area contributed by atoms with Crippen molar-refractivity contribution < 1.29 is 13.9 Å². The van der Waals surface area contributed by atoms with Gasteiger partial charge in [0.1, 0.15) is 11.6 Å². The van der Waals surface area contributed by atoms with E-state index in [1.165, 1.54) is 12.8 Å². The summed E-state index contributed by atoms with van der Waals surface area (Å²) in [4.78, 5) is 15.3. The Kier molecular flexibility index (Phi) is 4.68. The van der Waals surface area contributed by atoms with Crippen LogP contribution in [0.1, 0.15) is 29.6 Å². The molecular formula is C13H18FN3O2. The minimum Gasteiger partial charge on any atom is -0.383 e. The van der Waals surface area contributed by atoms with E-state index < -0.39 is 11.7 Å². The second kappa shape index (κ2) is 6.47. The van der Waals surface area contributed by atoms with Gasteiger partial charge in [0.05, 0.1) is 11.8 Å². The fraction of sp³-hybridized carbons (Fsp3) is 0.538. The number of rotatable bonds is 7. The minimum atomic E-state index is -0.577. The lowest BCUT2D eigenvalue weighted by molar-refractivity contribution is 0.0937. The van der Waals surface area contributed by atoms with Crippen LogP contribution in [-0.2, 0) is 4.74 Å². The first-order valence-corrected chi connectivity index (χ1v) is 6.44. The van der Waals surface area contributed by atoms with E-state index in [1.807, 2.05) is 0 Å². The van der Waals surface area contributed by atoms with Crippen LogP contribution >= 0.6 is 0 Å². The molecular weight excluding hydrogens is 249 g/mol. The normalized spacial score (nSPS) is 14.4. The van der Waals surface area contributed by atoms with Gasteiger partial charge in [0.15, 0.2) is 0 Å². The largest absolute Gasteiger partial charge is 0.383 e. The van der Waals surface area contributed by atoms with Gasteiger partial charge in [-0.3, -0.25) is 4.79 Å². The molecule has 3 N–H and O–H groups in total. The van der Waals surface area contributed by atoms with Gasteiger partial charge in [-0.2, -0.15) is 0 Å². The van der Waals surface area contributed by atoms with Crippen molar-refractivity contribution in [3.8, 4) is 0 Å². The van der Waals surface area contributed by atoms with Gasteiger partial charge in [0.2, 0.25) is 0 Å². The Morgan fingerprint density at radius 1 is 1.58 bits per heavy atom. The minimum absolute atomic E-state index is 0.0314. The van der Waals surface area contributed by atoms with Gasteiger partial charge in [0.25, 0.3) is 5.91 Å². The summed E-state index contributed by atoms with van der Waals surface area (Å²) < 4.78 is 18.4. The quantitative estimate of drug-likeness (QED) is 0.731. The smallest absolute Gasteiger partial charge is 0.255 e. The van der Waals surface area contributed by atoms with Crippen LogP contribution in [0.3, 0.4) is 0 Å².